The Morgan fingerprint density at radius 2 is 2.04 bits per heavy atom. The summed E-state index contributed by atoms with van der Waals surface area (Å²) in [5.41, 5.74) is 0.592. The van der Waals surface area contributed by atoms with Gasteiger partial charge in [0, 0.05) is 42.9 Å². The first-order chi connectivity index (χ1) is 12.0. The lowest BCUT2D eigenvalue weighted by Crippen LogP contribution is -2.26. The van der Waals surface area contributed by atoms with E-state index < -0.39 is 14.9 Å². The summed E-state index contributed by atoms with van der Waals surface area (Å²) in [6.45, 7) is 0.168. The molecule has 130 valence electrons. The first-order valence-corrected chi connectivity index (χ1v) is 9.50. The van der Waals surface area contributed by atoms with E-state index in [9.17, 15) is 18.5 Å². The molecule has 9 nitrogen and oxygen atoms in total. The summed E-state index contributed by atoms with van der Waals surface area (Å²) < 4.78 is 28.5. The Morgan fingerprint density at radius 1 is 1.28 bits per heavy atom. The fourth-order valence-corrected chi connectivity index (χ4v) is 3.87. The molecule has 0 aliphatic carbocycles. The van der Waals surface area contributed by atoms with Crippen LogP contribution < -0.4 is 4.72 Å². The van der Waals surface area contributed by atoms with Crippen molar-refractivity contribution in [1.82, 2.24) is 19.5 Å². The third kappa shape index (κ3) is 4.07. The van der Waals surface area contributed by atoms with Crippen molar-refractivity contribution in [3.63, 3.8) is 0 Å². The Bertz CT molecular complexity index is 965. The van der Waals surface area contributed by atoms with Crippen molar-refractivity contribution < 1.29 is 13.3 Å². The predicted molar refractivity (Wildman–Crippen MR) is 91.2 cm³/mol. The number of nitrogens with one attached hydrogen (secondary N) is 1. The first kappa shape index (κ1) is 17.2. The number of hydrogen-bond acceptors (Lipinski definition) is 7. The number of nitro groups is 1. The number of hydrogen-bond donors (Lipinski definition) is 1. The number of non-ortho nitro benzene ring substituents is 1. The summed E-state index contributed by atoms with van der Waals surface area (Å²) >= 11 is 1.41. The van der Waals surface area contributed by atoms with Crippen molar-refractivity contribution in [2.45, 2.75) is 11.3 Å². The van der Waals surface area contributed by atoms with Crippen LogP contribution in [0, 0.1) is 10.1 Å². The molecule has 0 amide bonds. The molecule has 0 saturated carbocycles. The van der Waals surface area contributed by atoms with Gasteiger partial charge in [-0.05, 0) is 18.2 Å². The molecule has 3 aromatic rings. The molecule has 0 spiro atoms. The molecular formula is C14H13N5O4S2. The highest BCUT2D eigenvalue weighted by atomic mass is 32.2. The summed E-state index contributed by atoms with van der Waals surface area (Å²) in [6.07, 6.45) is 3.85. The monoisotopic (exact) mass is 379 g/mol. The molecule has 0 aliphatic heterocycles. The van der Waals surface area contributed by atoms with Gasteiger partial charge in [0.05, 0.1) is 15.5 Å². The molecule has 2 heterocycles. The van der Waals surface area contributed by atoms with Crippen molar-refractivity contribution in [2.75, 3.05) is 6.54 Å². The normalized spacial score (nSPS) is 11.5. The lowest BCUT2D eigenvalue weighted by atomic mass is 10.3. The van der Waals surface area contributed by atoms with Gasteiger partial charge in [-0.3, -0.25) is 10.1 Å². The third-order valence-corrected chi connectivity index (χ3v) is 5.63. The Morgan fingerprint density at radius 3 is 2.68 bits per heavy atom. The zero-order chi connectivity index (χ0) is 17.9. The van der Waals surface area contributed by atoms with Gasteiger partial charge in [-0.15, -0.1) is 11.3 Å². The van der Waals surface area contributed by atoms with E-state index in [1.165, 1.54) is 23.5 Å². The first-order valence-electron chi connectivity index (χ1n) is 7.14. The van der Waals surface area contributed by atoms with Crippen LogP contribution in [0.15, 0.2) is 53.0 Å². The zero-order valence-corrected chi connectivity index (χ0v) is 14.4. The maximum absolute atomic E-state index is 12.2. The molecule has 0 unspecified atom stereocenters. The summed E-state index contributed by atoms with van der Waals surface area (Å²) in [5.74, 6) is 0. The molecule has 2 aromatic heterocycles. The SMILES string of the molecule is O=[N+]([O-])c1ccc(S(=O)(=O)NCCc2csc(-n3cccn3)n2)cc1. The third-order valence-electron chi connectivity index (χ3n) is 3.27. The number of nitro benzene ring substituents is 1. The number of benzene rings is 1. The van der Waals surface area contributed by atoms with E-state index in [1.54, 1.807) is 23.1 Å². The predicted octanol–water partition coefficient (Wildman–Crippen LogP) is 1.76. The second-order valence-electron chi connectivity index (χ2n) is 4.97. The minimum atomic E-state index is -3.72. The fraction of sp³-hybridized carbons (Fsp3) is 0.143. The highest BCUT2D eigenvalue weighted by Gasteiger charge is 2.15. The molecule has 11 heteroatoms. The van der Waals surface area contributed by atoms with Crippen LogP contribution in [-0.2, 0) is 16.4 Å². The number of thiazole rings is 1. The molecule has 0 bridgehead atoms. The van der Waals surface area contributed by atoms with Gasteiger partial charge in [0.2, 0.25) is 15.2 Å². The van der Waals surface area contributed by atoms with E-state index in [0.717, 1.165) is 17.8 Å². The molecule has 0 radical (unpaired) electrons. The van der Waals surface area contributed by atoms with Crippen LogP contribution in [0.4, 0.5) is 5.69 Å². The smallest absolute Gasteiger partial charge is 0.258 e. The van der Waals surface area contributed by atoms with Gasteiger partial charge in [0.15, 0.2) is 0 Å². The van der Waals surface area contributed by atoms with Gasteiger partial charge >= 0.3 is 0 Å². The molecule has 0 saturated heterocycles. The second-order valence-corrected chi connectivity index (χ2v) is 7.57. The van der Waals surface area contributed by atoms with Crippen molar-refractivity contribution in [3.8, 4) is 5.13 Å². The molecule has 0 fully saturated rings. The van der Waals surface area contributed by atoms with Crippen LogP contribution in [0.5, 0.6) is 0 Å². The Balaban J connectivity index is 1.60. The van der Waals surface area contributed by atoms with Crippen molar-refractivity contribution in [3.05, 3.63) is 63.9 Å². The van der Waals surface area contributed by atoms with Crippen LogP contribution in [0.25, 0.3) is 5.13 Å². The van der Waals surface area contributed by atoms with Gasteiger partial charge in [0.25, 0.3) is 5.69 Å². The van der Waals surface area contributed by atoms with Crippen LogP contribution in [-0.4, -0.2) is 34.7 Å². The highest BCUT2D eigenvalue weighted by Crippen LogP contribution is 2.16. The van der Waals surface area contributed by atoms with E-state index in [0.29, 0.717) is 11.6 Å². The standard InChI is InChI=1S/C14H13N5O4S2/c20-19(21)12-2-4-13(5-3-12)25(22,23)16-8-6-11-10-24-14(17-11)18-9-1-7-15-18/h1-5,7,9-10,16H,6,8H2. The van der Waals surface area contributed by atoms with Gasteiger partial charge in [-0.25, -0.2) is 22.8 Å². The molecule has 25 heavy (non-hydrogen) atoms. The van der Waals surface area contributed by atoms with Crippen molar-refractivity contribution in [2.24, 2.45) is 0 Å². The second kappa shape index (κ2) is 7.09. The zero-order valence-electron chi connectivity index (χ0n) is 12.8. The maximum atomic E-state index is 12.2. The fourth-order valence-electron chi connectivity index (χ4n) is 2.04. The molecule has 0 atom stereocenters. The van der Waals surface area contributed by atoms with Crippen molar-refractivity contribution >= 4 is 27.0 Å². The topological polar surface area (TPSA) is 120 Å². The number of nitrogens with zero attached hydrogens (tertiary/aromatic N) is 4. The summed E-state index contributed by atoms with van der Waals surface area (Å²) in [4.78, 5) is 14.4. The van der Waals surface area contributed by atoms with E-state index in [2.05, 4.69) is 14.8 Å². The average molecular weight is 379 g/mol. The minimum absolute atomic E-state index is 0.0198. The average Bonchev–Trinajstić information content (AvgIpc) is 3.26. The van der Waals surface area contributed by atoms with Gasteiger partial charge in [-0.1, -0.05) is 0 Å². The van der Waals surface area contributed by atoms with Gasteiger partial charge in [-0.2, -0.15) is 5.10 Å². The van der Waals surface area contributed by atoms with E-state index in [1.807, 2.05) is 5.38 Å². The van der Waals surface area contributed by atoms with E-state index in [-0.39, 0.29) is 17.1 Å². The Labute approximate surface area is 147 Å². The van der Waals surface area contributed by atoms with Crippen LogP contribution in [0.2, 0.25) is 0 Å². The molecule has 1 N–H and O–H groups in total. The summed E-state index contributed by atoms with van der Waals surface area (Å²) in [6, 6.07) is 6.52. The molecule has 3 rings (SSSR count). The summed E-state index contributed by atoms with van der Waals surface area (Å²) in [5, 5.41) is 17.2. The van der Waals surface area contributed by atoms with Crippen molar-refractivity contribution in [1.29, 1.82) is 0 Å². The largest absolute Gasteiger partial charge is 0.269 e. The number of rotatable bonds is 7. The highest BCUT2D eigenvalue weighted by molar-refractivity contribution is 7.89. The van der Waals surface area contributed by atoms with Gasteiger partial charge < -0.3 is 0 Å². The van der Waals surface area contributed by atoms with E-state index in [4.69, 9.17) is 0 Å². The van der Waals surface area contributed by atoms with Gasteiger partial charge in [0.1, 0.15) is 0 Å². The molecule has 0 aliphatic rings. The minimum Gasteiger partial charge on any atom is -0.258 e. The number of aromatic nitrogens is 3. The van der Waals surface area contributed by atoms with Crippen LogP contribution in [0.3, 0.4) is 0 Å². The van der Waals surface area contributed by atoms with Crippen LogP contribution >= 0.6 is 11.3 Å². The summed E-state index contributed by atoms with van der Waals surface area (Å²) in [7, 11) is -3.72. The maximum Gasteiger partial charge on any atom is 0.269 e. The Hall–Kier alpha value is -2.63. The lowest BCUT2D eigenvalue weighted by molar-refractivity contribution is -0.384. The molecular weight excluding hydrogens is 366 g/mol. The van der Waals surface area contributed by atoms with Crippen LogP contribution in [0.1, 0.15) is 5.69 Å². The Kier molecular flexibility index (Phi) is 4.88. The van der Waals surface area contributed by atoms with E-state index >= 15 is 0 Å². The lowest BCUT2D eigenvalue weighted by Gasteiger charge is -2.05. The number of sulfonamides is 1. The quantitative estimate of drug-likeness (QED) is 0.493. The molecule has 1 aromatic carbocycles.